The third kappa shape index (κ3) is 6.64. The molecule has 7 heteroatoms. The lowest BCUT2D eigenvalue weighted by Crippen LogP contribution is -2.51. The summed E-state index contributed by atoms with van der Waals surface area (Å²) in [6.07, 6.45) is 7.58. The van der Waals surface area contributed by atoms with Gasteiger partial charge in [-0.05, 0) is 62.8 Å². The zero-order chi connectivity index (χ0) is 20.8. The van der Waals surface area contributed by atoms with Crippen molar-refractivity contribution >= 4 is 39.6 Å². The highest BCUT2D eigenvalue weighted by molar-refractivity contribution is 9.10. The van der Waals surface area contributed by atoms with Crippen molar-refractivity contribution in [2.45, 2.75) is 75.8 Å². The molecule has 1 aliphatic carbocycles. The minimum absolute atomic E-state index is 0.0679. The Bertz CT molecular complexity index is 729. The van der Waals surface area contributed by atoms with E-state index in [0.717, 1.165) is 35.1 Å². The third-order valence-corrected chi connectivity index (χ3v) is 7.91. The minimum Gasteiger partial charge on any atom is -0.353 e. The van der Waals surface area contributed by atoms with Crippen LogP contribution in [-0.2, 0) is 4.79 Å². The molecule has 3 rings (SSSR count). The molecule has 0 atom stereocenters. The highest BCUT2D eigenvalue weighted by atomic mass is 79.9. The molecule has 3 amide bonds. The van der Waals surface area contributed by atoms with Crippen molar-refractivity contribution < 1.29 is 9.59 Å². The van der Waals surface area contributed by atoms with E-state index < -0.39 is 0 Å². The Labute approximate surface area is 186 Å². The normalized spacial score (nSPS) is 18.5. The predicted molar refractivity (Wildman–Crippen MR) is 122 cm³/mol. The van der Waals surface area contributed by atoms with Gasteiger partial charge in [-0.25, -0.2) is 4.79 Å². The molecule has 1 saturated carbocycles. The smallest absolute Gasteiger partial charge is 0.317 e. The molecule has 0 spiro atoms. The molecule has 2 aliphatic rings. The number of thioether (sulfide) groups is 1. The minimum atomic E-state index is 0.0679. The molecule has 0 unspecified atom stereocenters. The Morgan fingerprint density at radius 1 is 1.00 bits per heavy atom. The Hall–Kier alpha value is -1.21. The molecule has 0 bridgehead atoms. The van der Waals surface area contributed by atoms with Gasteiger partial charge in [0.1, 0.15) is 0 Å². The molecule has 2 fully saturated rings. The monoisotopic (exact) mass is 481 g/mol. The molecular weight excluding hydrogens is 450 g/mol. The fourth-order valence-electron chi connectivity index (χ4n) is 4.06. The summed E-state index contributed by atoms with van der Waals surface area (Å²) >= 11 is 5.13. The van der Waals surface area contributed by atoms with Crippen LogP contribution >= 0.6 is 27.7 Å². The molecule has 1 aliphatic heterocycles. The summed E-state index contributed by atoms with van der Waals surface area (Å²) < 4.78 is 1.10. The largest absolute Gasteiger partial charge is 0.353 e. The zero-order valence-corrected chi connectivity index (χ0v) is 19.8. The van der Waals surface area contributed by atoms with Crippen molar-refractivity contribution in [1.82, 2.24) is 15.5 Å². The number of likely N-dealkylation sites (tertiary alicyclic amines) is 1. The summed E-state index contributed by atoms with van der Waals surface area (Å²) in [5.41, 5.74) is 2.36. The van der Waals surface area contributed by atoms with Crippen LogP contribution in [-0.4, -0.2) is 47.8 Å². The van der Waals surface area contributed by atoms with E-state index in [0.29, 0.717) is 24.9 Å². The first kappa shape index (κ1) is 22.5. The number of carbonyl (C=O) groups is 2. The maximum Gasteiger partial charge on any atom is 0.317 e. The first-order chi connectivity index (χ1) is 13.9. The van der Waals surface area contributed by atoms with Crippen molar-refractivity contribution in [3.8, 4) is 0 Å². The molecule has 1 heterocycles. The maximum absolute atomic E-state index is 12.5. The number of benzene rings is 1. The van der Waals surface area contributed by atoms with Gasteiger partial charge >= 0.3 is 6.03 Å². The van der Waals surface area contributed by atoms with Crippen LogP contribution in [0.3, 0.4) is 0 Å². The van der Waals surface area contributed by atoms with Gasteiger partial charge in [0, 0.05) is 34.5 Å². The molecule has 1 saturated heterocycles. The third-order valence-electron chi connectivity index (χ3n) is 5.90. The van der Waals surface area contributed by atoms with Gasteiger partial charge in [-0.3, -0.25) is 4.79 Å². The van der Waals surface area contributed by atoms with Crippen molar-refractivity contribution in [1.29, 1.82) is 0 Å². The molecule has 5 nitrogen and oxygen atoms in total. The molecule has 1 aromatic rings. The van der Waals surface area contributed by atoms with E-state index in [1.165, 1.54) is 30.4 Å². The quantitative estimate of drug-likeness (QED) is 0.594. The maximum atomic E-state index is 12.5. The Morgan fingerprint density at radius 3 is 2.34 bits per heavy atom. The second kappa shape index (κ2) is 10.7. The van der Waals surface area contributed by atoms with Crippen molar-refractivity contribution in [3.63, 3.8) is 0 Å². The van der Waals surface area contributed by atoms with E-state index in [9.17, 15) is 9.59 Å². The van der Waals surface area contributed by atoms with Crippen LogP contribution in [0.25, 0.3) is 0 Å². The van der Waals surface area contributed by atoms with Crippen LogP contribution in [0, 0.1) is 13.8 Å². The summed E-state index contributed by atoms with van der Waals surface area (Å²) in [4.78, 5) is 27.9. The number of hydrogen-bond donors (Lipinski definition) is 2. The summed E-state index contributed by atoms with van der Waals surface area (Å²) in [7, 11) is 0. The van der Waals surface area contributed by atoms with Gasteiger partial charge in [0.2, 0.25) is 5.91 Å². The van der Waals surface area contributed by atoms with E-state index >= 15 is 0 Å². The Morgan fingerprint density at radius 2 is 1.66 bits per heavy atom. The van der Waals surface area contributed by atoms with Crippen LogP contribution in [0.4, 0.5) is 4.79 Å². The van der Waals surface area contributed by atoms with Crippen molar-refractivity contribution in [3.05, 3.63) is 27.7 Å². The summed E-state index contributed by atoms with van der Waals surface area (Å²) in [5, 5.41) is 6.34. The lowest BCUT2D eigenvalue weighted by molar-refractivity contribution is -0.119. The number of halogens is 1. The number of carbonyl (C=O) groups excluding carboxylic acids is 2. The van der Waals surface area contributed by atoms with Gasteiger partial charge in [0.25, 0.3) is 0 Å². The van der Waals surface area contributed by atoms with Crippen molar-refractivity contribution in [2.24, 2.45) is 0 Å². The van der Waals surface area contributed by atoms with Crippen LogP contribution in [0.5, 0.6) is 0 Å². The van der Waals surface area contributed by atoms with E-state index in [2.05, 4.69) is 52.5 Å². The highest BCUT2D eigenvalue weighted by Gasteiger charge is 2.25. The zero-order valence-electron chi connectivity index (χ0n) is 17.4. The molecule has 29 heavy (non-hydrogen) atoms. The van der Waals surface area contributed by atoms with E-state index in [1.54, 1.807) is 11.8 Å². The number of nitrogens with zero attached hydrogens (tertiary/aromatic N) is 1. The fourth-order valence-corrected chi connectivity index (χ4v) is 5.44. The van der Waals surface area contributed by atoms with Crippen LogP contribution < -0.4 is 10.6 Å². The van der Waals surface area contributed by atoms with Gasteiger partial charge in [-0.15, -0.1) is 11.8 Å². The number of aryl methyl sites for hydroxylation is 2. The number of hydrogen-bond acceptors (Lipinski definition) is 3. The predicted octanol–water partition coefficient (Wildman–Crippen LogP) is 4.78. The first-order valence-electron chi connectivity index (χ1n) is 10.7. The summed E-state index contributed by atoms with van der Waals surface area (Å²) in [5.74, 6) is 0.490. The molecule has 1 aromatic carbocycles. The van der Waals surface area contributed by atoms with E-state index in [1.807, 2.05) is 4.90 Å². The Balaban J connectivity index is 1.38. The highest BCUT2D eigenvalue weighted by Crippen LogP contribution is 2.28. The molecular formula is C22H32BrN3O2S. The second-order valence-corrected chi connectivity index (χ2v) is 10.1. The van der Waals surface area contributed by atoms with Gasteiger partial charge in [-0.1, -0.05) is 35.2 Å². The van der Waals surface area contributed by atoms with E-state index in [-0.39, 0.29) is 18.0 Å². The van der Waals surface area contributed by atoms with Crippen LogP contribution in [0.2, 0.25) is 0 Å². The van der Waals surface area contributed by atoms with Gasteiger partial charge in [0.05, 0.1) is 5.75 Å². The van der Waals surface area contributed by atoms with Gasteiger partial charge in [0.15, 0.2) is 0 Å². The van der Waals surface area contributed by atoms with E-state index in [4.69, 9.17) is 0 Å². The number of urea groups is 1. The summed E-state index contributed by atoms with van der Waals surface area (Å²) in [6, 6.07) is 4.80. The molecule has 0 aromatic heterocycles. The number of piperidine rings is 1. The second-order valence-electron chi connectivity index (χ2n) is 8.27. The summed E-state index contributed by atoms with van der Waals surface area (Å²) in [6.45, 7) is 5.55. The number of rotatable bonds is 5. The standard InChI is InChI=1S/C22H32BrN3O2S/c1-15-13-20(16(2)12-19(15)23)29-14-21(27)24-18-8-10-26(11-9-18)22(28)25-17-6-4-3-5-7-17/h12-13,17-18H,3-11,14H2,1-2H3,(H,24,27)(H,25,28). The average Bonchev–Trinajstić information content (AvgIpc) is 2.71. The number of nitrogens with one attached hydrogen (secondary N) is 2. The SMILES string of the molecule is Cc1cc(SCC(=O)NC2CCN(C(=O)NC3CCCCC3)CC2)c(C)cc1Br. The lowest BCUT2D eigenvalue weighted by atomic mass is 9.95. The van der Waals surface area contributed by atoms with Crippen LogP contribution in [0.1, 0.15) is 56.1 Å². The molecule has 160 valence electrons. The van der Waals surface area contributed by atoms with Crippen molar-refractivity contribution in [2.75, 3.05) is 18.8 Å². The number of amides is 3. The Kier molecular flexibility index (Phi) is 8.30. The topological polar surface area (TPSA) is 61.4 Å². The lowest BCUT2D eigenvalue weighted by Gasteiger charge is -2.34. The van der Waals surface area contributed by atoms with Gasteiger partial charge in [-0.2, -0.15) is 0 Å². The molecule has 0 radical (unpaired) electrons. The molecule has 2 N–H and O–H groups in total. The first-order valence-corrected chi connectivity index (χ1v) is 12.4. The average molecular weight is 482 g/mol. The van der Waals surface area contributed by atoms with Crippen LogP contribution in [0.15, 0.2) is 21.5 Å². The fraction of sp³-hybridized carbons (Fsp3) is 0.636. The van der Waals surface area contributed by atoms with Gasteiger partial charge < -0.3 is 15.5 Å².